The van der Waals surface area contributed by atoms with Gasteiger partial charge in [-0.2, -0.15) is 0 Å². The predicted molar refractivity (Wildman–Crippen MR) is 84.8 cm³/mol. The molecule has 2 aliphatic carbocycles. The number of hydrogen-bond donors (Lipinski definition) is 0. The Morgan fingerprint density at radius 2 is 1.58 bits per heavy atom. The van der Waals surface area contributed by atoms with Crippen LogP contribution in [0.4, 0.5) is 27.6 Å². The first-order valence-electron chi connectivity index (χ1n) is 7.81. The zero-order valence-electron chi connectivity index (χ0n) is 13.3. The summed E-state index contributed by atoms with van der Waals surface area (Å²) in [5.41, 5.74) is -0.907. The van der Waals surface area contributed by atoms with Crippen LogP contribution in [0.2, 0.25) is 0 Å². The van der Waals surface area contributed by atoms with E-state index in [-0.39, 0.29) is 11.6 Å². The van der Waals surface area contributed by atoms with Gasteiger partial charge in [-0.25, -0.2) is 26.9 Å². The van der Waals surface area contributed by atoms with Gasteiger partial charge in [0.1, 0.15) is 11.4 Å². The first-order chi connectivity index (χ1) is 12.3. The third-order valence-corrected chi connectivity index (χ3v) is 4.68. The van der Waals surface area contributed by atoms with Gasteiger partial charge in [0, 0.05) is 11.1 Å². The molecule has 0 aromatic heterocycles. The number of halogens is 5. The Kier molecular flexibility index (Phi) is 3.57. The summed E-state index contributed by atoms with van der Waals surface area (Å²) in [5.74, 6) is -11.3. The molecule has 132 valence electrons. The molecule has 26 heavy (non-hydrogen) atoms. The summed E-state index contributed by atoms with van der Waals surface area (Å²) in [6.45, 7) is 1.82. The number of Topliss-reactive ketones (excluding diaryl/α,β-unsaturated/α-hetero) is 1. The molecule has 0 heterocycles. The molecule has 0 bridgehead atoms. The minimum atomic E-state index is -2.27. The standard InChI is InChI=1S/C19H10F5NO/c1-7-5-6-8-3-2-4-9-11(8)10(7)19(26)17(9)25-18-15(23)13(21)12(20)14(22)16(18)24/h2-4,6-7H,5H2,1H3/b25-17+. The average molecular weight is 363 g/mol. The molecule has 0 fully saturated rings. The highest BCUT2D eigenvalue weighted by molar-refractivity contribution is 6.61. The fraction of sp³-hybridized carbons (Fsp3) is 0.158. The summed E-state index contributed by atoms with van der Waals surface area (Å²) in [7, 11) is 0. The zero-order valence-corrected chi connectivity index (χ0v) is 13.3. The number of ketones is 1. The van der Waals surface area contributed by atoms with Crippen LogP contribution in [0.3, 0.4) is 0 Å². The molecule has 0 amide bonds. The quantitative estimate of drug-likeness (QED) is 0.435. The Balaban J connectivity index is 2.02. The first-order valence-corrected chi connectivity index (χ1v) is 7.81. The Morgan fingerprint density at radius 3 is 2.23 bits per heavy atom. The van der Waals surface area contributed by atoms with E-state index in [1.54, 1.807) is 18.2 Å². The van der Waals surface area contributed by atoms with E-state index in [1.807, 2.05) is 13.0 Å². The predicted octanol–water partition coefficient (Wildman–Crippen LogP) is 3.06. The van der Waals surface area contributed by atoms with Crippen molar-refractivity contribution < 1.29 is 26.7 Å². The first kappa shape index (κ1) is 16.6. The van der Waals surface area contributed by atoms with Gasteiger partial charge in [-0.3, -0.25) is 4.79 Å². The van der Waals surface area contributed by atoms with Crippen LogP contribution in [0.1, 0.15) is 18.9 Å². The monoisotopic (exact) mass is 363 g/mol. The summed E-state index contributed by atoms with van der Waals surface area (Å²) >= 11 is 0. The second-order valence-corrected chi connectivity index (χ2v) is 6.23. The van der Waals surface area contributed by atoms with Gasteiger partial charge >= 0.3 is 0 Å². The van der Waals surface area contributed by atoms with Crippen LogP contribution >= 0.6 is 0 Å². The molecule has 2 aromatic rings. The number of hydrogen-bond acceptors (Lipinski definition) is 2. The van der Waals surface area contributed by atoms with E-state index >= 15 is 0 Å². The molecule has 1 unspecified atom stereocenters. The van der Waals surface area contributed by atoms with E-state index in [0.29, 0.717) is 22.8 Å². The van der Waals surface area contributed by atoms with Crippen molar-refractivity contribution in [3.05, 3.63) is 63.3 Å². The minimum Gasteiger partial charge on any atom is -0.287 e. The Hall–Kier alpha value is -2.83. The molecule has 2 aliphatic rings. The van der Waals surface area contributed by atoms with Crippen molar-refractivity contribution in [1.29, 1.82) is 0 Å². The Morgan fingerprint density at radius 1 is 0.962 bits per heavy atom. The summed E-state index contributed by atoms with van der Waals surface area (Å²) in [6, 6.07) is 4.98. The number of nitrogens with zero attached hydrogens (tertiary/aromatic N) is 1. The highest BCUT2D eigenvalue weighted by Crippen LogP contribution is 2.32. The largest absolute Gasteiger partial charge is 0.287 e. The van der Waals surface area contributed by atoms with Crippen LogP contribution in [-0.2, 0) is 4.79 Å². The molecule has 2 nitrogen and oxygen atoms in total. The van der Waals surface area contributed by atoms with Crippen molar-refractivity contribution in [1.82, 2.24) is 0 Å². The van der Waals surface area contributed by atoms with Crippen LogP contribution in [0.25, 0.3) is 11.6 Å². The lowest BCUT2D eigenvalue weighted by molar-refractivity contribution is -0.108. The lowest BCUT2D eigenvalue weighted by Gasteiger charge is -2.12. The lowest BCUT2D eigenvalue weighted by Crippen LogP contribution is -2.32. The van der Waals surface area contributed by atoms with Crippen molar-refractivity contribution in [3.8, 4) is 0 Å². The second-order valence-electron chi connectivity index (χ2n) is 6.23. The van der Waals surface area contributed by atoms with Crippen molar-refractivity contribution in [2.45, 2.75) is 13.3 Å². The Bertz CT molecular complexity index is 1120. The SMILES string of the molecule is CC1CC=c2cccc3c2=C1C(=O)/C3=N/c1c(F)c(F)c(F)c(F)c1F. The van der Waals surface area contributed by atoms with Crippen LogP contribution in [0.15, 0.2) is 23.2 Å². The maximum atomic E-state index is 14.0. The van der Waals surface area contributed by atoms with Gasteiger partial charge in [0.25, 0.3) is 0 Å². The van der Waals surface area contributed by atoms with E-state index in [4.69, 9.17) is 0 Å². The fourth-order valence-electron chi connectivity index (χ4n) is 3.41. The van der Waals surface area contributed by atoms with Crippen LogP contribution in [-0.4, -0.2) is 11.5 Å². The molecule has 0 spiro atoms. The molecule has 0 radical (unpaired) electrons. The summed E-state index contributed by atoms with van der Waals surface area (Å²) in [4.78, 5) is 16.3. The molecule has 2 aromatic carbocycles. The third-order valence-electron chi connectivity index (χ3n) is 4.68. The van der Waals surface area contributed by atoms with Crippen molar-refractivity contribution in [3.63, 3.8) is 0 Å². The van der Waals surface area contributed by atoms with Gasteiger partial charge < -0.3 is 0 Å². The second kappa shape index (κ2) is 5.59. The maximum absolute atomic E-state index is 14.0. The van der Waals surface area contributed by atoms with Crippen molar-refractivity contribution in [2.75, 3.05) is 0 Å². The van der Waals surface area contributed by atoms with E-state index in [0.717, 1.165) is 5.22 Å². The third kappa shape index (κ3) is 2.09. The number of aliphatic imine (C=N–C) groups is 1. The maximum Gasteiger partial charge on any atom is 0.208 e. The fourth-order valence-corrected chi connectivity index (χ4v) is 3.41. The van der Waals surface area contributed by atoms with E-state index in [2.05, 4.69) is 4.99 Å². The summed E-state index contributed by atoms with van der Waals surface area (Å²) in [6.07, 6.45) is 2.54. The zero-order chi connectivity index (χ0) is 18.7. The summed E-state index contributed by atoms with van der Waals surface area (Å²) in [5, 5.41) is 1.39. The number of rotatable bonds is 1. The highest BCUT2D eigenvalue weighted by Gasteiger charge is 2.34. The van der Waals surface area contributed by atoms with Crippen LogP contribution in [0, 0.1) is 35.0 Å². The molecular formula is C19H10F5NO. The lowest BCUT2D eigenvalue weighted by atomic mass is 9.90. The molecule has 0 saturated carbocycles. The van der Waals surface area contributed by atoms with Crippen LogP contribution < -0.4 is 10.4 Å². The number of carbonyl (C=O) groups excluding carboxylic acids is 1. The molecule has 7 heteroatoms. The van der Waals surface area contributed by atoms with Crippen LogP contribution in [0.5, 0.6) is 0 Å². The smallest absolute Gasteiger partial charge is 0.208 e. The van der Waals surface area contributed by atoms with Gasteiger partial charge in [0.15, 0.2) is 23.3 Å². The van der Waals surface area contributed by atoms with Crippen molar-refractivity contribution in [2.24, 2.45) is 10.9 Å². The van der Waals surface area contributed by atoms with E-state index < -0.39 is 40.6 Å². The van der Waals surface area contributed by atoms with Gasteiger partial charge in [-0.1, -0.05) is 31.2 Å². The van der Waals surface area contributed by atoms with Gasteiger partial charge in [0.2, 0.25) is 11.6 Å². The molecule has 4 rings (SSSR count). The van der Waals surface area contributed by atoms with Gasteiger partial charge in [-0.05, 0) is 22.8 Å². The van der Waals surface area contributed by atoms with E-state index in [1.165, 1.54) is 0 Å². The van der Waals surface area contributed by atoms with Gasteiger partial charge in [0.05, 0.1) is 0 Å². The minimum absolute atomic E-state index is 0.139. The van der Waals surface area contributed by atoms with Crippen molar-refractivity contribution >= 4 is 28.8 Å². The topological polar surface area (TPSA) is 29.4 Å². The molecule has 0 aliphatic heterocycles. The summed E-state index contributed by atoms with van der Waals surface area (Å²) < 4.78 is 68.0. The Labute approximate surface area is 144 Å². The molecule has 1 atom stereocenters. The highest BCUT2D eigenvalue weighted by atomic mass is 19.2. The molecule has 0 saturated heterocycles. The van der Waals surface area contributed by atoms with Gasteiger partial charge in [-0.15, -0.1) is 0 Å². The number of carbonyl (C=O) groups is 1. The molecular weight excluding hydrogens is 353 g/mol. The average Bonchev–Trinajstić information content (AvgIpc) is 2.92. The molecule has 0 N–H and O–H groups in total. The van der Waals surface area contributed by atoms with E-state index in [9.17, 15) is 26.7 Å². The number of benzene rings is 2. The normalized spacial score (nSPS) is 19.8.